The first-order valence-corrected chi connectivity index (χ1v) is 14.1. The highest BCUT2D eigenvalue weighted by Gasteiger charge is 2.54. The second-order valence-electron chi connectivity index (χ2n) is 12.3. The van der Waals surface area contributed by atoms with Crippen LogP contribution in [0.3, 0.4) is 0 Å². The van der Waals surface area contributed by atoms with E-state index in [1.54, 1.807) is 10.6 Å². The van der Waals surface area contributed by atoms with E-state index in [2.05, 4.69) is 31.7 Å². The topological polar surface area (TPSA) is 136 Å². The van der Waals surface area contributed by atoms with Crippen LogP contribution in [0.2, 0.25) is 0 Å². The van der Waals surface area contributed by atoms with E-state index in [9.17, 15) is 24.3 Å². The molecule has 4 fully saturated rings. The van der Waals surface area contributed by atoms with Gasteiger partial charge in [0.25, 0.3) is 5.91 Å². The minimum atomic E-state index is -1.64. The van der Waals surface area contributed by atoms with Crippen LogP contribution in [0.25, 0.3) is 16.9 Å². The summed E-state index contributed by atoms with van der Waals surface area (Å²) in [5.74, 6) is -0.240. The van der Waals surface area contributed by atoms with Crippen LogP contribution in [0.1, 0.15) is 74.7 Å². The van der Waals surface area contributed by atoms with E-state index in [-0.39, 0.29) is 29.1 Å². The lowest BCUT2D eigenvalue weighted by Crippen LogP contribution is -2.65. The number of carbonyl (C=O) groups excluding carboxylic acids is 2. The van der Waals surface area contributed by atoms with Crippen molar-refractivity contribution in [2.75, 3.05) is 18.4 Å². The largest absolute Gasteiger partial charge is 0.387 e. The molecule has 1 atom stereocenters. The zero-order chi connectivity index (χ0) is 29.0. The van der Waals surface area contributed by atoms with Gasteiger partial charge in [-0.1, -0.05) is 0 Å². The van der Waals surface area contributed by atoms with Crippen LogP contribution < -0.4 is 10.6 Å². The van der Waals surface area contributed by atoms with E-state index in [0.717, 1.165) is 50.6 Å². The Labute approximate surface area is 237 Å². The third kappa shape index (κ3) is 4.80. The van der Waals surface area contributed by atoms with Gasteiger partial charge in [-0.25, -0.2) is 8.91 Å². The Morgan fingerprint density at radius 1 is 1.20 bits per heavy atom. The molecule has 3 saturated carbocycles. The quantitative estimate of drug-likeness (QED) is 0.359. The maximum absolute atomic E-state index is 14.4. The standard InChI is InChI=1S/C30H34FN7O3/c1-28(2,41)25(31)18-34-27(40)21-17-33-23(24-4-3-20-13-19(15-32)16-35-38(20)24)14-22(21)36-29-6-9-30(10-7-29,11-8-29)37-12-5-26(37)39/h3-4,13-14,16-17,25,41H,5-12,18H2,1-2H3,(H,33,36)(H,34,40). The molecule has 3 aromatic heterocycles. The zero-order valence-electron chi connectivity index (χ0n) is 23.3. The average molecular weight is 560 g/mol. The van der Waals surface area contributed by atoms with Gasteiger partial charge in [0.05, 0.1) is 52.1 Å². The minimum absolute atomic E-state index is 0.0472. The van der Waals surface area contributed by atoms with Crippen LogP contribution in [0.4, 0.5) is 10.1 Å². The van der Waals surface area contributed by atoms with E-state index >= 15 is 0 Å². The van der Waals surface area contributed by atoms with Gasteiger partial charge in [0.2, 0.25) is 5.91 Å². The number of hydrogen-bond donors (Lipinski definition) is 3. The highest BCUT2D eigenvalue weighted by atomic mass is 19.1. The van der Waals surface area contributed by atoms with Gasteiger partial charge in [-0.05, 0) is 76.6 Å². The Morgan fingerprint density at radius 2 is 1.93 bits per heavy atom. The summed E-state index contributed by atoms with van der Waals surface area (Å²) in [5.41, 5.74) is 1.48. The molecule has 0 radical (unpaired) electrons. The maximum atomic E-state index is 14.4. The maximum Gasteiger partial charge on any atom is 0.255 e. The van der Waals surface area contributed by atoms with Crippen molar-refractivity contribution in [2.24, 2.45) is 0 Å². The Bertz CT molecular complexity index is 1550. The summed E-state index contributed by atoms with van der Waals surface area (Å²) in [5, 5.41) is 29.9. The molecule has 10 nitrogen and oxygen atoms in total. The summed E-state index contributed by atoms with van der Waals surface area (Å²) in [6.07, 6.45) is 7.31. The molecule has 7 rings (SSSR count). The summed E-state index contributed by atoms with van der Waals surface area (Å²) in [6.45, 7) is 3.23. The fraction of sp³-hybridized carbons (Fsp3) is 0.500. The molecule has 0 spiro atoms. The number of nitrogens with one attached hydrogen (secondary N) is 2. The van der Waals surface area contributed by atoms with Crippen LogP contribution in [0.15, 0.2) is 36.7 Å². The number of nitriles is 1. The molecular weight excluding hydrogens is 525 g/mol. The number of fused-ring (bicyclic) bond motifs is 4. The van der Waals surface area contributed by atoms with E-state index < -0.39 is 17.7 Å². The summed E-state index contributed by atoms with van der Waals surface area (Å²) >= 11 is 0. The van der Waals surface area contributed by atoms with Gasteiger partial charge in [-0.2, -0.15) is 10.4 Å². The number of aliphatic hydroxyl groups is 1. The third-order valence-electron chi connectivity index (χ3n) is 9.28. The van der Waals surface area contributed by atoms with Crippen molar-refractivity contribution in [3.63, 3.8) is 0 Å². The van der Waals surface area contributed by atoms with Crippen molar-refractivity contribution in [3.05, 3.63) is 47.8 Å². The average Bonchev–Trinajstić information content (AvgIpc) is 3.38. The second-order valence-corrected chi connectivity index (χ2v) is 12.3. The van der Waals surface area contributed by atoms with Crippen LogP contribution >= 0.6 is 0 Å². The van der Waals surface area contributed by atoms with Crippen LogP contribution in [-0.2, 0) is 4.79 Å². The Hall–Kier alpha value is -4.04. The molecule has 2 bridgehead atoms. The van der Waals surface area contributed by atoms with Gasteiger partial charge in [0.1, 0.15) is 12.2 Å². The SMILES string of the molecule is CC(C)(O)C(F)CNC(=O)c1cnc(-c2ccc3cc(C#N)cnn23)cc1NC12CCC(N3CCC3=O)(CC1)CC2. The Morgan fingerprint density at radius 3 is 2.54 bits per heavy atom. The smallest absolute Gasteiger partial charge is 0.255 e. The fourth-order valence-electron chi connectivity index (χ4n) is 6.52. The summed E-state index contributed by atoms with van der Waals surface area (Å²) in [6, 6.07) is 9.38. The molecule has 0 aromatic carbocycles. The van der Waals surface area contributed by atoms with Gasteiger partial charge >= 0.3 is 0 Å². The number of hydrogen-bond acceptors (Lipinski definition) is 7. The van der Waals surface area contributed by atoms with Crippen molar-refractivity contribution >= 4 is 23.0 Å². The number of β-lactam (4-membered cyclic amide) rings is 1. The number of alkyl halides is 1. The van der Waals surface area contributed by atoms with E-state index in [1.165, 1.54) is 26.2 Å². The van der Waals surface area contributed by atoms with Crippen molar-refractivity contribution in [1.29, 1.82) is 5.26 Å². The first-order chi connectivity index (χ1) is 19.5. The predicted molar refractivity (Wildman–Crippen MR) is 150 cm³/mol. The van der Waals surface area contributed by atoms with Crippen LogP contribution in [0, 0.1) is 11.3 Å². The minimum Gasteiger partial charge on any atom is -0.387 e. The highest BCUT2D eigenvalue weighted by Crippen LogP contribution is 2.52. The monoisotopic (exact) mass is 559 g/mol. The van der Waals surface area contributed by atoms with Gasteiger partial charge < -0.3 is 20.6 Å². The molecular formula is C30H34FN7O3. The molecule has 4 heterocycles. The molecule has 4 aliphatic rings. The highest BCUT2D eigenvalue weighted by molar-refractivity contribution is 6.00. The van der Waals surface area contributed by atoms with Crippen molar-refractivity contribution in [1.82, 2.24) is 24.8 Å². The molecule has 1 saturated heterocycles. The summed E-state index contributed by atoms with van der Waals surface area (Å²) < 4.78 is 16.1. The van der Waals surface area contributed by atoms with Gasteiger partial charge in [0, 0.05) is 30.2 Å². The molecule has 3 aromatic rings. The number of carbonyl (C=O) groups is 2. The normalized spacial score (nSPS) is 24.6. The van der Waals surface area contributed by atoms with Crippen molar-refractivity contribution in [3.8, 4) is 17.5 Å². The van der Waals surface area contributed by atoms with E-state index in [0.29, 0.717) is 29.1 Å². The number of anilines is 1. The molecule has 2 amide bonds. The van der Waals surface area contributed by atoms with Gasteiger partial charge in [-0.3, -0.25) is 14.6 Å². The van der Waals surface area contributed by atoms with Crippen molar-refractivity contribution < 1.29 is 19.1 Å². The Balaban J connectivity index is 1.31. The number of likely N-dealkylation sites (tertiary alicyclic amines) is 1. The van der Waals surface area contributed by atoms with Gasteiger partial charge in [0.15, 0.2) is 0 Å². The summed E-state index contributed by atoms with van der Waals surface area (Å²) in [7, 11) is 0. The number of halogens is 1. The molecule has 214 valence electrons. The molecule has 1 aliphatic heterocycles. The van der Waals surface area contributed by atoms with E-state index in [1.807, 2.05) is 18.2 Å². The Kier molecular flexibility index (Phi) is 6.49. The fourth-order valence-corrected chi connectivity index (χ4v) is 6.52. The second kappa shape index (κ2) is 9.80. The lowest BCUT2D eigenvalue weighted by Gasteiger charge is -2.60. The van der Waals surface area contributed by atoms with Gasteiger partial charge in [-0.15, -0.1) is 0 Å². The number of pyridine rings is 1. The zero-order valence-corrected chi connectivity index (χ0v) is 23.3. The lowest BCUT2D eigenvalue weighted by atomic mass is 9.60. The number of nitrogens with zero attached hydrogens (tertiary/aromatic N) is 5. The molecule has 3 aliphatic carbocycles. The molecule has 41 heavy (non-hydrogen) atoms. The third-order valence-corrected chi connectivity index (χ3v) is 9.28. The first kappa shape index (κ1) is 27.1. The van der Waals surface area contributed by atoms with Crippen molar-refractivity contribution in [2.45, 2.75) is 81.6 Å². The van der Waals surface area contributed by atoms with Crippen LogP contribution in [0.5, 0.6) is 0 Å². The molecule has 1 unspecified atom stereocenters. The summed E-state index contributed by atoms with van der Waals surface area (Å²) in [4.78, 5) is 32.2. The molecule has 3 N–H and O–H groups in total. The van der Waals surface area contributed by atoms with E-state index in [4.69, 9.17) is 0 Å². The predicted octanol–water partition coefficient (Wildman–Crippen LogP) is 3.60. The number of aromatic nitrogens is 3. The first-order valence-electron chi connectivity index (χ1n) is 14.1. The molecule has 11 heteroatoms. The lowest BCUT2D eigenvalue weighted by molar-refractivity contribution is -0.155. The number of rotatable bonds is 8. The number of amides is 2. The van der Waals surface area contributed by atoms with Crippen LogP contribution in [-0.4, -0.2) is 72.4 Å².